The molecule has 2 aromatic carbocycles. The number of aromatic nitrogens is 3. The van der Waals surface area contributed by atoms with Gasteiger partial charge >= 0.3 is 5.97 Å². The molecule has 4 aromatic rings. The zero-order valence-corrected chi connectivity index (χ0v) is 20.4. The second-order valence-corrected chi connectivity index (χ2v) is 10.4. The zero-order valence-electron chi connectivity index (χ0n) is 20.4. The molecule has 0 amide bonds. The number of rotatable bonds is 6. The van der Waals surface area contributed by atoms with E-state index in [1.165, 1.54) is 12.1 Å². The van der Waals surface area contributed by atoms with Crippen LogP contribution in [0.15, 0.2) is 36.5 Å². The number of halogens is 3. The number of hydrogen-bond acceptors (Lipinski definition) is 3. The number of ether oxygens (including phenoxy) is 1. The number of methoxy groups -OCH3 is 1. The summed E-state index contributed by atoms with van der Waals surface area (Å²) in [5, 5.41) is 17.1. The summed E-state index contributed by atoms with van der Waals surface area (Å²) in [5.74, 6) is -2.60. The largest absolute Gasteiger partial charge is 0.479 e. The van der Waals surface area contributed by atoms with Crippen molar-refractivity contribution >= 4 is 27.8 Å². The van der Waals surface area contributed by atoms with Crippen LogP contribution in [0, 0.1) is 11.6 Å². The number of nitrogens with one attached hydrogen (secondary N) is 1. The van der Waals surface area contributed by atoms with E-state index in [1.54, 1.807) is 25.4 Å². The van der Waals surface area contributed by atoms with Crippen LogP contribution in [0.4, 0.5) is 13.2 Å². The lowest BCUT2D eigenvalue weighted by atomic mass is 9.73. The van der Waals surface area contributed by atoms with Crippen molar-refractivity contribution in [3.05, 3.63) is 59.4 Å². The quantitative estimate of drug-likeness (QED) is 0.333. The third-order valence-corrected chi connectivity index (χ3v) is 7.45. The molecule has 9 heteroatoms. The van der Waals surface area contributed by atoms with E-state index in [4.69, 9.17) is 4.74 Å². The van der Waals surface area contributed by atoms with E-state index in [0.717, 1.165) is 5.69 Å². The van der Waals surface area contributed by atoms with Crippen LogP contribution < -0.4 is 0 Å². The number of benzene rings is 2. The lowest BCUT2D eigenvalue weighted by Gasteiger charge is -2.34. The monoisotopic (exact) mass is 499 g/mol. The molecular formula is C27H28F3N3O3. The maximum absolute atomic E-state index is 16.2. The number of aromatic amines is 1. The van der Waals surface area contributed by atoms with Crippen LogP contribution in [0.25, 0.3) is 27.5 Å². The fraction of sp³-hybridized carbons (Fsp3) is 0.407. The molecule has 0 bridgehead atoms. The smallest absolute Gasteiger partial charge is 0.341 e. The zero-order chi connectivity index (χ0) is 25.8. The second kappa shape index (κ2) is 8.65. The summed E-state index contributed by atoms with van der Waals surface area (Å²) >= 11 is 0. The number of carboxylic acids is 1. The Morgan fingerprint density at radius 3 is 2.53 bits per heavy atom. The van der Waals surface area contributed by atoms with Gasteiger partial charge in [-0.05, 0) is 67.5 Å². The number of nitrogens with zero attached hydrogens (tertiary/aromatic N) is 2. The molecule has 0 atom stereocenters. The Morgan fingerprint density at radius 2 is 1.92 bits per heavy atom. The van der Waals surface area contributed by atoms with Crippen LogP contribution in [0.2, 0.25) is 0 Å². The number of carboxylic acid groups (broad SMARTS) is 1. The summed E-state index contributed by atoms with van der Waals surface area (Å²) in [6.45, 7) is 4.28. The standard InChI is InChI=1S/C27H28F3N3O3/c1-26(2,14-36-3)24-20(15-8-10-27(30,11-9-15)25(34)35)21-19(12-16-13-31-32-23(16)22(21)29)33(24)18-6-4-17(28)5-7-18/h4-7,12-13,15H,8-11,14H2,1-3H3,(H,31,32)(H,34,35). The predicted molar refractivity (Wildman–Crippen MR) is 130 cm³/mol. The van der Waals surface area contributed by atoms with Gasteiger partial charge in [0.2, 0.25) is 5.67 Å². The first-order valence-electron chi connectivity index (χ1n) is 11.9. The molecule has 0 unspecified atom stereocenters. The first kappa shape index (κ1) is 24.4. The summed E-state index contributed by atoms with van der Waals surface area (Å²) in [5.41, 5.74) is 0.0657. The average Bonchev–Trinajstić information content (AvgIpc) is 3.44. The van der Waals surface area contributed by atoms with Crippen molar-refractivity contribution in [1.82, 2.24) is 14.8 Å². The topological polar surface area (TPSA) is 80.1 Å². The minimum absolute atomic E-state index is 0.158. The van der Waals surface area contributed by atoms with Gasteiger partial charge in [0.1, 0.15) is 11.3 Å². The number of fused-ring (bicyclic) bond motifs is 2. The lowest BCUT2D eigenvalue weighted by molar-refractivity contribution is -0.153. The number of hydrogen-bond donors (Lipinski definition) is 2. The maximum atomic E-state index is 16.2. The Kier molecular flexibility index (Phi) is 5.86. The molecule has 2 heterocycles. The molecule has 2 N–H and O–H groups in total. The molecule has 36 heavy (non-hydrogen) atoms. The lowest BCUT2D eigenvalue weighted by Crippen LogP contribution is -2.38. The van der Waals surface area contributed by atoms with E-state index in [1.807, 2.05) is 24.5 Å². The number of carbonyl (C=O) groups is 1. The molecule has 1 saturated carbocycles. The molecule has 0 spiro atoms. The van der Waals surface area contributed by atoms with Crippen molar-refractivity contribution in [2.45, 2.75) is 56.5 Å². The van der Waals surface area contributed by atoms with Gasteiger partial charge in [-0.2, -0.15) is 5.10 Å². The predicted octanol–water partition coefficient (Wildman–Crippen LogP) is 6.16. The van der Waals surface area contributed by atoms with E-state index in [2.05, 4.69) is 10.2 Å². The van der Waals surface area contributed by atoms with Crippen LogP contribution in [0.5, 0.6) is 0 Å². The van der Waals surface area contributed by atoms with Gasteiger partial charge in [0.15, 0.2) is 5.82 Å². The van der Waals surface area contributed by atoms with Crippen molar-refractivity contribution in [3.63, 3.8) is 0 Å². The maximum Gasteiger partial charge on any atom is 0.341 e. The molecule has 1 aliphatic rings. The second-order valence-electron chi connectivity index (χ2n) is 10.4. The molecule has 0 saturated heterocycles. The third kappa shape index (κ3) is 3.77. The summed E-state index contributed by atoms with van der Waals surface area (Å²) in [6.07, 6.45) is 1.73. The number of alkyl halides is 1. The van der Waals surface area contributed by atoms with E-state index in [0.29, 0.717) is 34.1 Å². The van der Waals surface area contributed by atoms with Crippen LogP contribution in [-0.2, 0) is 14.9 Å². The van der Waals surface area contributed by atoms with Gasteiger partial charge in [0.25, 0.3) is 0 Å². The minimum atomic E-state index is -2.29. The number of aliphatic carboxylic acids is 1. The summed E-state index contributed by atoms with van der Waals surface area (Å²) in [4.78, 5) is 11.5. The normalized spacial score (nSPS) is 20.9. The molecular weight excluding hydrogens is 471 g/mol. The van der Waals surface area contributed by atoms with Gasteiger partial charge < -0.3 is 14.4 Å². The van der Waals surface area contributed by atoms with E-state index >= 15 is 4.39 Å². The Labute approximate surface area is 206 Å². The fourth-order valence-electron chi connectivity index (χ4n) is 5.76. The fourth-order valence-corrected chi connectivity index (χ4v) is 5.76. The Bertz CT molecular complexity index is 1450. The van der Waals surface area contributed by atoms with Gasteiger partial charge in [0, 0.05) is 34.7 Å². The van der Waals surface area contributed by atoms with Crippen molar-refractivity contribution in [2.24, 2.45) is 0 Å². The van der Waals surface area contributed by atoms with E-state index in [-0.39, 0.29) is 37.1 Å². The van der Waals surface area contributed by atoms with Crippen LogP contribution >= 0.6 is 0 Å². The summed E-state index contributed by atoms with van der Waals surface area (Å²) < 4.78 is 52.5. The first-order valence-corrected chi connectivity index (χ1v) is 11.9. The highest BCUT2D eigenvalue weighted by Crippen LogP contribution is 2.49. The van der Waals surface area contributed by atoms with Crippen LogP contribution in [-0.4, -0.2) is 45.2 Å². The van der Waals surface area contributed by atoms with Gasteiger partial charge in [-0.25, -0.2) is 18.0 Å². The molecule has 2 aromatic heterocycles. The highest BCUT2D eigenvalue weighted by atomic mass is 19.1. The molecule has 6 nitrogen and oxygen atoms in total. The van der Waals surface area contributed by atoms with E-state index in [9.17, 15) is 18.7 Å². The highest BCUT2D eigenvalue weighted by molar-refractivity contribution is 6.00. The van der Waals surface area contributed by atoms with Gasteiger partial charge in [-0.15, -0.1) is 0 Å². The Balaban J connectivity index is 1.85. The Morgan fingerprint density at radius 1 is 1.25 bits per heavy atom. The first-order chi connectivity index (χ1) is 17.1. The molecule has 1 fully saturated rings. The van der Waals surface area contributed by atoms with Crippen molar-refractivity contribution in [2.75, 3.05) is 13.7 Å². The average molecular weight is 500 g/mol. The van der Waals surface area contributed by atoms with Crippen molar-refractivity contribution in [1.29, 1.82) is 0 Å². The van der Waals surface area contributed by atoms with Crippen LogP contribution in [0.1, 0.15) is 56.7 Å². The Hall–Kier alpha value is -3.33. The van der Waals surface area contributed by atoms with Crippen LogP contribution in [0.3, 0.4) is 0 Å². The molecule has 190 valence electrons. The summed E-state index contributed by atoms with van der Waals surface area (Å²) in [6, 6.07) is 7.83. The molecule has 0 radical (unpaired) electrons. The van der Waals surface area contributed by atoms with E-state index < -0.39 is 28.7 Å². The van der Waals surface area contributed by atoms with Crippen molar-refractivity contribution < 1.29 is 27.8 Å². The third-order valence-electron chi connectivity index (χ3n) is 7.45. The number of H-pyrrole nitrogens is 1. The van der Waals surface area contributed by atoms with Crippen molar-refractivity contribution in [3.8, 4) is 5.69 Å². The van der Waals surface area contributed by atoms with Gasteiger partial charge in [-0.3, -0.25) is 5.10 Å². The van der Waals surface area contributed by atoms with Gasteiger partial charge in [0.05, 0.1) is 18.3 Å². The minimum Gasteiger partial charge on any atom is -0.479 e. The highest BCUT2D eigenvalue weighted by Gasteiger charge is 2.45. The molecule has 1 aliphatic carbocycles. The van der Waals surface area contributed by atoms with Gasteiger partial charge in [-0.1, -0.05) is 13.8 Å². The SMILES string of the molecule is COCC(C)(C)c1c(C2CCC(F)(C(=O)O)CC2)c2c(F)c3[nH]ncc3cc2n1-c1ccc(F)cc1. The molecule has 5 rings (SSSR count). The summed E-state index contributed by atoms with van der Waals surface area (Å²) in [7, 11) is 1.59. The molecule has 0 aliphatic heterocycles.